The molecule has 18 heteroatoms. The number of imidazole rings is 2. The fourth-order valence-corrected chi connectivity index (χ4v) is 3.05. The number of hydrogen-bond donors (Lipinski definition) is 2. The normalized spacial score (nSPS) is 10.9. The Morgan fingerprint density at radius 1 is 0.545 bits per heavy atom. The van der Waals surface area contributed by atoms with Crippen molar-refractivity contribution in [1.29, 1.82) is 0 Å². The van der Waals surface area contributed by atoms with Crippen LogP contribution in [0.2, 0.25) is 0 Å². The molecule has 6 rings (SSSR count). The van der Waals surface area contributed by atoms with E-state index < -0.39 is 24.3 Å². The molecule has 0 saturated carbocycles. The zero-order chi connectivity index (χ0) is 32.3. The van der Waals surface area contributed by atoms with E-state index in [1.807, 2.05) is 57.9 Å². The van der Waals surface area contributed by atoms with E-state index in [-0.39, 0.29) is 0 Å². The smallest absolute Gasteiger partial charge is 0.475 e. The lowest BCUT2D eigenvalue weighted by molar-refractivity contribution is -0.193. The second kappa shape index (κ2) is 14.3. The highest BCUT2D eigenvalue weighted by Crippen LogP contribution is 2.16. The molecule has 2 N–H and O–H groups in total. The molecule has 0 amide bonds. The van der Waals surface area contributed by atoms with Crippen LogP contribution in [0.25, 0.3) is 33.4 Å². The molecule has 12 nitrogen and oxygen atoms in total. The Morgan fingerprint density at radius 3 is 1.14 bits per heavy atom. The third kappa shape index (κ3) is 9.57. The van der Waals surface area contributed by atoms with E-state index in [1.54, 1.807) is 49.8 Å². The van der Waals surface area contributed by atoms with Crippen LogP contribution in [0.5, 0.6) is 0 Å². The van der Waals surface area contributed by atoms with Crippen LogP contribution in [0.4, 0.5) is 26.3 Å². The van der Waals surface area contributed by atoms with E-state index in [9.17, 15) is 26.3 Å². The molecule has 4 heterocycles. The standard InChI is InChI=1S/2C11H8N4.2C2HF3O2/c2*1-2-10-11(14-4-3-13-10)7-9(1)15-6-5-12-8-15;2*3-2(4,5)1(6)7/h2*1-8H;2*(H,6,7). The molecule has 6 aromatic rings. The van der Waals surface area contributed by atoms with Crippen molar-refractivity contribution in [3.05, 3.63) is 98.6 Å². The quantitative estimate of drug-likeness (QED) is 0.255. The van der Waals surface area contributed by atoms with Crippen molar-refractivity contribution in [3.8, 4) is 11.4 Å². The number of alkyl halides is 6. The average Bonchev–Trinajstić information content (AvgIpc) is 3.72. The first-order chi connectivity index (χ1) is 20.8. The monoisotopic (exact) mass is 620 g/mol. The summed E-state index contributed by atoms with van der Waals surface area (Å²) in [6, 6.07) is 11.9. The first-order valence-electron chi connectivity index (χ1n) is 11.7. The zero-order valence-corrected chi connectivity index (χ0v) is 21.8. The maximum Gasteiger partial charge on any atom is 0.490 e. The largest absolute Gasteiger partial charge is 0.490 e. The van der Waals surface area contributed by atoms with Gasteiger partial charge in [-0.25, -0.2) is 19.6 Å². The Morgan fingerprint density at radius 2 is 0.864 bits per heavy atom. The minimum atomic E-state index is -5.08. The highest BCUT2D eigenvalue weighted by molar-refractivity contribution is 5.77. The summed E-state index contributed by atoms with van der Waals surface area (Å²) in [5, 5.41) is 14.2. The Bertz CT molecular complexity index is 1680. The molecule has 0 bridgehead atoms. The number of nitrogens with zero attached hydrogens (tertiary/aromatic N) is 8. The molecule has 44 heavy (non-hydrogen) atoms. The van der Waals surface area contributed by atoms with Gasteiger partial charge in [-0.05, 0) is 36.4 Å². The summed E-state index contributed by atoms with van der Waals surface area (Å²) in [7, 11) is 0. The van der Waals surface area contributed by atoms with E-state index in [2.05, 4.69) is 29.9 Å². The molecule has 4 aromatic heterocycles. The van der Waals surface area contributed by atoms with Gasteiger partial charge in [-0.15, -0.1) is 0 Å². The molecular weight excluding hydrogens is 602 g/mol. The van der Waals surface area contributed by atoms with Gasteiger partial charge in [0.2, 0.25) is 0 Å². The van der Waals surface area contributed by atoms with Crippen molar-refractivity contribution in [2.75, 3.05) is 0 Å². The van der Waals surface area contributed by atoms with Gasteiger partial charge in [0.05, 0.1) is 34.7 Å². The number of hydrogen-bond acceptors (Lipinski definition) is 8. The number of carboxylic acids is 2. The van der Waals surface area contributed by atoms with Crippen LogP contribution in [-0.4, -0.2) is 73.5 Å². The molecular formula is C26H18F6N8O4. The van der Waals surface area contributed by atoms with Gasteiger partial charge in [0, 0.05) is 60.9 Å². The van der Waals surface area contributed by atoms with Gasteiger partial charge in [-0.1, -0.05) is 0 Å². The van der Waals surface area contributed by atoms with Crippen LogP contribution < -0.4 is 0 Å². The second-order valence-corrected chi connectivity index (χ2v) is 8.00. The predicted molar refractivity (Wildman–Crippen MR) is 141 cm³/mol. The van der Waals surface area contributed by atoms with Crippen LogP contribution >= 0.6 is 0 Å². The molecule has 0 fully saturated rings. The molecule has 228 valence electrons. The van der Waals surface area contributed by atoms with Crippen LogP contribution in [0, 0.1) is 0 Å². The number of fused-ring (bicyclic) bond motifs is 2. The number of carbonyl (C=O) groups is 2. The van der Waals surface area contributed by atoms with E-state index in [0.717, 1.165) is 33.4 Å². The number of halogens is 6. The number of carboxylic acid groups (broad SMARTS) is 2. The summed E-state index contributed by atoms with van der Waals surface area (Å²) in [6.07, 6.45) is 7.43. The summed E-state index contributed by atoms with van der Waals surface area (Å²) in [5.74, 6) is -5.51. The molecule has 0 aliphatic rings. The maximum absolute atomic E-state index is 10.6. The van der Waals surface area contributed by atoms with Crippen LogP contribution in [0.1, 0.15) is 0 Å². The van der Waals surface area contributed by atoms with Crippen LogP contribution in [0.15, 0.2) is 98.6 Å². The van der Waals surface area contributed by atoms with Crippen molar-refractivity contribution in [2.24, 2.45) is 0 Å². The summed E-state index contributed by atoms with van der Waals surface area (Å²) in [5.41, 5.74) is 5.68. The van der Waals surface area contributed by atoms with E-state index in [4.69, 9.17) is 19.8 Å². The zero-order valence-electron chi connectivity index (χ0n) is 21.8. The Balaban J connectivity index is 0.000000172. The van der Waals surface area contributed by atoms with Crippen molar-refractivity contribution in [2.45, 2.75) is 12.4 Å². The van der Waals surface area contributed by atoms with Crippen LogP contribution in [0.3, 0.4) is 0 Å². The number of aliphatic carboxylic acids is 2. The van der Waals surface area contributed by atoms with Crippen molar-refractivity contribution < 1.29 is 46.1 Å². The van der Waals surface area contributed by atoms with E-state index >= 15 is 0 Å². The lowest BCUT2D eigenvalue weighted by Crippen LogP contribution is -2.21. The lowest BCUT2D eigenvalue weighted by Gasteiger charge is -2.02. The second-order valence-electron chi connectivity index (χ2n) is 8.00. The van der Waals surface area contributed by atoms with Gasteiger partial charge in [-0.3, -0.25) is 19.9 Å². The SMILES string of the molecule is O=C(O)C(F)(F)F.O=C(O)C(F)(F)F.c1cn(-c2ccc3nccnc3c2)cn1.c1cn(-c2ccc3nccnc3c2)cn1. The molecule has 0 aliphatic carbocycles. The van der Waals surface area contributed by atoms with Gasteiger partial charge in [0.1, 0.15) is 0 Å². The first kappa shape index (κ1) is 32.6. The predicted octanol–water partition coefficient (Wildman–Crippen LogP) is 4.90. The molecule has 0 atom stereocenters. The number of rotatable bonds is 2. The number of aromatic nitrogens is 8. The summed E-state index contributed by atoms with van der Waals surface area (Å²) >= 11 is 0. The van der Waals surface area contributed by atoms with Gasteiger partial charge < -0.3 is 19.3 Å². The van der Waals surface area contributed by atoms with Crippen molar-refractivity contribution in [1.82, 2.24) is 39.0 Å². The van der Waals surface area contributed by atoms with Crippen molar-refractivity contribution >= 4 is 34.0 Å². The molecule has 0 saturated heterocycles. The molecule has 2 aromatic carbocycles. The van der Waals surface area contributed by atoms with Gasteiger partial charge in [0.25, 0.3) is 0 Å². The maximum atomic E-state index is 10.6. The van der Waals surface area contributed by atoms with Crippen LogP contribution in [-0.2, 0) is 9.59 Å². The van der Waals surface area contributed by atoms with Gasteiger partial charge in [-0.2, -0.15) is 26.3 Å². The fraction of sp³-hybridized carbons (Fsp3) is 0.0769. The van der Waals surface area contributed by atoms with Gasteiger partial charge in [0.15, 0.2) is 0 Å². The van der Waals surface area contributed by atoms with Crippen molar-refractivity contribution in [3.63, 3.8) is 0 Å². The molecule has 0 spiro atoms. The number of benzene rings is 2. The van der Waals surface area contributed by atoms with E-state index in [1.165, 1.54) is 0 Å². The summed E-state index contributed by atoms with van der Waals surface area (Å²) in [6.45, 7) is 0. The molecule has 0 unspecified atom stereocenters. The fourth-order valence-electron chi connectivity index (χ4n) is 3.05. The minimum Gasteiger partial charge on any atom is -0.475 e. The Kier molecular flexibility index (Phi) is 10.6. The lowest BCUT2D eigenvalue weighted by atomic mass is 10.2. The third-order valence-corrected chi connectivity index (χ3v) is 5.00. The van der Waals surface area contributed by atoms with Gasteiger partial charge >= 0.3 is 24.3 Å². The molecule has 0 radical (unpaired) electrons. The topological polar surface area (TPSA) is 162 Å². The Labute approximate surface area is 242 Å². The minimum absolute atomic E-state index is 0.892. The highest BCUT2D eigenvalue weighted by atomic mass is 19.4. The molecule has 0 aliphatic heterocycles. The average molecular weight is 620 g/mol. The Hall–Kier alpha value is -5.94. The third-order valence-electron chi connectivity index (χ3n) is 5.00. The summed E-state index contributed by atoms with van der Waals surface area (Å²) < 4.78 is 67.3. The summed E-state index contributed by atoms with van der Waals surface area (Å²) in [4.78, 5) is 42.7. The van der Waals surface area contributed by atoms with E-state index in [0.29, 0.717) is 0 Å². The first-order valence-corrected chi connectivity index (χ1v) is 11.7. The highest BCUT2D eigenvalue weighted by Gasteiger charge is 2.38.